The van der Waals surface area contributed by atoms with Crippen molar-refractivity contribution in [1.29, 1.82) is 0 Å². The lowest BCUT2D eigenvalue weighted by Crippen LogP contribution is -2.51. The largest absolute Gasteiger partial charge is 0.461 e. The van der Waals surface area contributed by atoms with Gasteiger partial charge in [-0.15, -0.1) is 0 Å². The summed E-state index contributed by atoms with van der Waals surface area (Å²) in [5.74, 6) is 0.984. The van der Waals surface area contributed by atoms with Crippen LogP contribution in [0.15, 0.2) is 30.5 Å². The van der Waals surface area contributed by atoms with E-state index in [9.17, 15) is 0 Å². The molecule has 8 nitrogen and oxygen atoms in total. The van der Waals surface area contributed by atoms with E-state index in [-0.39, 0.29) is 6.97 Å². The maximum Gasteiger partial charge on any atom is 0.319 e. The Kier molecular flexibility index (Phi) is 7.99. The molecule has 7 heterocycles. The van der Waals surface area contributed by atoms with Crippen molar-refractivity contribution >= 4 is 28.5 Å². The van der Waals surface area contributed by atoms with E-state index < -0.39 is 0 Å². The van der Waals surface area contributed by atoms with E-state index >= 15 is 0 Å². The molecule has 4 saturated heterocycles. The fraction of sp³-hybridized carbons (Fsp3) is 0.571. The molecule has 5 aliphatic heterocycles. The summed E-state index contributed by atoms with van der Waals surface area (Å²) in [5, 5.41) is 8.49. The Balaban J connectivity index is 0.00000112. The Morgan fingerprint density at radius 3 is 2.63 bits per heavy atom. The second-order valence-electron chi connectivity index (χ2n) is 12.7. The van der Waals surface area contributed by atoms with Crippen molar-refractivity contribution in [2.45, 2.75) is 89.8 Å². The number of aryl methyl sites for hydroxylation is 1. The first-order chi connectivity index (χ1) is 21.2. The Hall–Kier alpha value is -3.23. The van der Waals surface area contributed by atoms with Gasteiger partial charge in [-0.2, -0.15) is 9.97 Å². The number of rotatable bonds is 6. The fourth-order valence-corrected chi connectivity index (χ4v) is 8.20. The van der Waals surface area contributed by atoms with Crippen molar-refractivity contribution in [3.05, 3.63) is 41.6 Å². The number of pyridine rings is 1. The Morgan fingerprint density at radius 1 is 1.07 bits per heavy atom. The molecular weight excluding hydrogens is 534 g/mol. The standard InChI is InChI=1S/C33H41N7O.C2H6.H2/c1-2-25-29(26-10-5-9-22-8-3-4-15-34-28(22)26)35-18-27-30(25)37-32(41-21-33-13-6-16-40(33)17-7-14-33)38-31(27)39-19-23-11-12-24(20-39)36-23;1-2;/h3,5,8-10,18,23-24,34,36H,2,4,6-7,11-17,19-21H2,1H3;1-2H3;1H. The van der Waals surface area contributed by atoms with Crippen molar-refractivity contribution in [1.82, 2.24) is 25.2 Å². The Bertz CT molecular complexity index is 1490. The van der Waals surface area contributed by atoms with Crippen LogP contribution in [0.5, 0.6) is 6.01 Å². The lowest BCUT2D eigenvalue weighted by Gasteiger charge is -2.35. The first kappa shape index (κ1) is 28.5. The number of hydrogen-bond donors (Lipinski definition) is 2. The maximum absolute atomic E-state index is 6.61. The van der Waals surface area contributed by atoms with Crippen LogP contribution < -0.4 is 20.3 Å². The SMILES string of the molecule is CC.CCc1c(-c2cccc3c2NCCC=C3)ncc2c(N3CC4CCC(C3)N4)nc(OCC34CCCN3CCC4)nc12.[HH]. The first-order valence-electron chi connectivity index (χ1n) is 16.8. The number of piperazine rings is 1. The number of aromatic nitrogens is 3. The minimum absolute atomic E-state index is 0. The molecule has 3 aromatic rings. The van der Waals surface area contributed by atoms with Gasteiger partial charge in [-0.1, -0.05) is 51.1 Å². The quantitative estimate of drug-likeness (QED) is 0.350. The molecule has 1 aromatic carbocycles. The summed E-state index contributed by atoms with van der Waals surface area (Å²) >= 11 is 0. The molecular formula is C35H49N7O. The second kappa shape index (κ2) is 12.0. The van der Waals surface area contributed by atoms with E-state index in [0.717, 1.165) is 66.1 Å². The molecule has 2 bridgehead atoms. The predicted molar refractivity (Wildman–Crippen MR) is 178 cm³/mol. The highest BCUT2D eigenvalue weighted by molar-refractivity contribution is 5.96. The van der Waals surface area contributed by atoms with Crippen LogP contribution in [0.25, 0.3) is 28.2 Å². The van der Waals surface area contributed by atoms with Gasteiger partial charge in [0.15, 0.2) is 0 Å². The van der Waals surface area contributed by atoms with Crippen molar-refractivity contribution < 1.29 is 6.16 Å². The van der Waals surface area contributed by atoms with Gasteiger partial charge in [-0.3, -0.25) is 9.88 Å². The zero-order valence-electron chi connectivity index (χ0n) is 26.2. The summed E-state index contributed by atoms with van der Waals surface area (Å²) in [6.45, 7) is 12.1. The van der Waals surface area contributed by atoms with Crippen molar-refractivity contribution in [2.75, 3.05) is 49.5 Å². The third-order valence-electron chi connectivity index (χ3n) is 10.2. The van der Waals surface area contributed by atoms with Crippen LogP contribution in [-0.4, -0.2) is 76.8 Å². The molecule has 2 N–H and O–H groups in total. The number of nitrogens with one attached hydrogen (secondary N) is 2. The highest BCUT2D eigenvalue weighted by Gasteiger charge is 2.45. The van der Waals surface area contributed by atoms with Crippen molar-refractivity contribution in [3.63, 3.8) is 0 Å². The number of para-hydroxylation sites is 1. The van der Waals surface area contributed by atoms with Crippen LogP contribution in [0.4, 0.5) is 11.5 Å². The van der Waals surface area contributed by atoms with Gasteiger partial charge in [-0.25, -0.2) is 0 Å². The second-order valence-corrected chi connectivity index (χ2v) is 12.7. The molecule has 4 fully saturated rings. The third-order valence-corrected chi connectivity index (χ3v) is 10.2. The van der Waals surface area contributed by atoms with Crippen LogP contribution in [0.1, 0.15) is 78.3 Å². The molecule has 0 saturated carbocycles. The van der Waals surface area contributed by atoms with Gasteiger partial charge in [0, 0.05) is 50.5 Å². The molecule has 0 amide bonds. The van der Waals surface area contributed by atoms with Crippen LogP contribution in [-0.2, 0) is 6.42 Å². The van der Waals surface area contributed by atoms with Gasteiger partial charge in [0.25, 0.3) is 0 Å². The minimum atomic E-state index is 0. The summed E-state index contributed by atoms with van der Waals surface area (Å²) in [6, 6.07) is 8.07. The highest BCUT2D eigenvalue weighted by atomic mass is 16.5. The van der Waals surface area contributed by atoms with Gasteiger partial charge < -0.3 is 20.3 Å². The average Bonchev–Trinajstić information content (AvgIpc) is 3.67. The number of nitrogens with zero attached hydrogens (tertiary/aromatic N) is 5. The smallest absolute Gasteiger partial charge is 0.319 e. The summed E-state index contributed by atoms with van der Waals surface area (Å²) in [7, 11) is 0. The van der Waals surface area contributed by atoms with Crippen LogP contribution in [0, 0.1) is 0 Å². The van der Waals surface area contributed by atoms with Crippen LogP contribution in [0.3, 0.4) is 0 Å². The lowest BCUT2D eigenvalue weighted by atomic mass is 9.95. The summed E-state index contributed by atoms with van der Waals surface area (Å²) < 4.78 is 6.61. The monoisotopic (exact) mass is 583 g/mol. The molecule has 230 valence electrons. The molecule has 2 aromatic heterocycles. The topological polar surface area (TPSA) is 78.4 Å². The van der Waals surface area contributed by atoms with Gasteiger partial charge in [0.2, 0.25) is 0 Å². The summed E-state index contributed by atoms with van der Waals surface area (Å²) in [6.07, 6.45) is 15.8. The lowest BCUT2D eigenvalue weighted by molar-refractivity contribution is 0.108. The van der Waals surface area contributed by atoms with Gasteiger partial charge in [0.1, 0.15) is 12.4 Å². The molecule has 0 spiro atoms. The average molecular weight is 584 g/mol. The number of benzene rings is 1. The predicted octanol–water partition coefficient (Wildman–Crippen LogP) is 6.30. The molecule has 2 unspecified atom stereocenters. The summed E-state index contributed by atoms with van der Waals surface area (Å²) in [5.41, 5.74) is 6.83. The molecule has 8 rings (SSSR count). The van der Waals surface area contributed by atoms with Crippen molar-refractivity contribution in [3.8, 4) is 17.3 Å². The number of hydrogen-bond acceptors (Lipinski definition) is 8. The number of ether oxygens (including phenoxy) is 1. The van der Waals surface area contributed by atoms with Gasteiger partial charge >= 0.3 is 6.01 Å². The molecule has 0 radical (unpaired) electrons. The minimum Gasteiger partial charge on any atom is -0.461 e. The number of fused-ring (bicyclic) bond motifs is 5. The number of anilines is 2. The maximum atomic E-state index is 6.61. The third kappa shape index (κ3) is 5.16. The normalized spacial score (nSPS) is 23.7. The van der Waals surface area contributed by atoms with Gasteiger partial charge in [-0.05, 0) is 70.0 Å². The van der Waals surface area contributed by atoms with Crippen LogP contribution in [0.2, 0.25) is 0 Å². The van der Waals surface area contributed by atoms with E-state index in [1.165, 1.54) is 62.7 Å². The Morgan fingerprint density at radius 2 is 1.86 bits per heavy atom. The fourth-order valence-electron chi connectivity index (χ4n) is 8.20. The van der Waals surface area contributed by atoms with E-state index in [4.69, 9.17) is 19.7 Å². The molecule has 0 aliphatic carbocycles. The van der Waals surface area contributed by atoms with Gasteiger partial charge in [0.05, 0.1) is 27.8 Å². The Labute approximate surface area is 257 Å². The van der Waals surface area contributed by atoms with E-state index in [2.05, 4.69) is 57.7 Å². The van der Waals surface area contributed by atoms with Crippen molar-refractivity contribution in [2.24, 2.45) is 0 Å². The molecule has 2 atom stereocenters. The summed E-state index contributed by atoms with van der Waals surface area (Å²) in [4.78, 5) is 20.6. The molecule has 8 heteroatoms. The molecule has 43 heavy (non-hydrogen) atoms. The van der Waals surface area contributed by atoms with Crippen LogP contribution >= 0.6 is 0 Å². The zero-order valence-corrected chi connectivity index (χ0v) is 26.2. The van der Waals surface area contributed by atoms with E-state index in [1.807, 2.05) is 20.0 Å². The highest BCUT2D eigenvalue weighted by Crippen LogP contribution is 2.41. The first-order valence-corrected chi connectivity index (χ1v) is 16.8. The molecule has 5 aliphatic rings. The van der Waals surface area contributed by atoms with E-state index in [0.29, 0.717) is 24.7 Å². The zero-order chi connectivity index (χ0) is 29.4. The van der Waals surface area contributed by atoms with E-state index in [1.54, 1.807) is 0 Å².